The van der Waals surface area contributed by atoms with Gasteiger partial charge in [-0.1, -0.05) is 61.4 Å². The summed E-state index contributed by atoms with van der Waals surface area (Å²) in [6.07, 6.45) is 5.07. The minimum atomic E-state index is -3.67. The van der Waals surface area contributed by atoms with Crippen molar-refractivity contribution in [3.05, 3.63) is 78.4 Å². The molecule has 0 radical (unpaired) electrons. The van der Waals surface area contributed by atoms with Crippen LogP contribution in [0.15, 0.2) is 77.7 Å². The summed E-state index contributed by atoms with van der Waals surface area (Å²) in [5, 5.41) is 12.6. The first-order valence-corrected chi connectivity index (χ1v) is 14.0. The molecule has 5 rings (SSSR count). The van der Waals surface area contributed by atoms with Crippen LogP contribution in [0.5, 0.6) is 0 Å². The number of nitrogens with one attached hydrogen (secondary N) is 1. The van der Waals surface area contributed by atoms with Gasteiger partial charge in [0.05, 0.1) is 22.6 Å². The predicted molar refractivity (Wildman–Crippen MR) is 139 cm³/mol. The van der Waals surface area contributed by atoms with E-state index in [0.717, 1.165) is 43.2 Å². The van der Waals surface area contributed by atoms with Crippen LogP contribution in [-0.2, 0) is 20.2 Å². The molecular weight excluding hydrogens is 474 g/mol. The molecule has 1 amide bonds. The molecule has 0 spiro atoms. The summed E-state index contributed by atoms with van der Waals surface area (Å²) in [7, 11) is -3.67. The van der Waals surface area contributed by atoms with Crippen LogP contribution >= 0.6 is 0 Å². The number of amides is 1. The number of sulfonamides is 1. The Labute approximate surface area is 212 Å². The van der Waals surface area contributed by atoms with Crippen molar-refractivity contribution in [2.75, 3.05) is 18.5 Å². The van der Waals surface area contributed by atoms with Crippen LogP contribution in [0.25, 0.3) is 11.3 Å². The summed E-state index contributed by atoms with van der Waals surface area (Å²) in [4.78, 5) is 18.3. The van der Waals surface area contributed by atoms with Crippen LogP contribution in [0, 0.1) is 0 Å². The maximum Gasteiger partial charge on any atom is 0.243 e. The number of aromatic nitrogens is 1. The predicted octanol–water partition coefficient (Wildman–Crippen LogP) is 4.34. The van der Waals surface area contributed by atoms with E-state index >= 15 is 0 Å². The number of hydrogen-bond acceptors (Lipinski definition) is 5. The zero-order chi connectivity index (χ0) is 25.2. The number of nitrogens with zero attached hydrogens (tertiary/aromatic N) is 2. The second kappa shape index (κ2) is 10.1. The molecule has 2 aromatic carbocycles. The Kier molecular flexibility index (Phi) is 6.92. The van der Waals surface area contributed by atoms with Gasteiger partial charge < -0.3 is 10.4 Å². The van der Waals surface area contributed by atoms with Gasteiger partial charge in [-0.15, -0.1) is 0 Å². The minimum absolute atomic E-state index is 0.0404. The molecule has 1 aromatic heterocycles. The second-order valence-electron chi connectivity index (χ2n) is 9.64. The van der Waals surface area contributed by atoms with Crippen LogP contribution < -0.4 is 5.32 Å². The number of aliphatic hydroxyl groups excluding tert-OH is 1. The van der Waals surface area contributed by atoms with Crippen LogP contribution in [0.3, 0.4) is 0 Å². The van der Waals surface area contributed by atoms with E-state index in [4.69, 9.17) is 0 Å². The molecule has 0 unspecified atom stereocenters. The normalized spacial score (nSPS) is 19.9. The Morgan fingerprint density at radius 1 is 0.972 bits per heavy atom. The van der Waals surface area contributed by atoms with E-state index in [1.54, 1.807) is 30.3 Å². The van der Waals surface area contributed by atoms with E-state index in [2.05, 4.69) is 10.3 Å². The van der Waals surface area contributed by atoms with Crippen molar-refractivity contribution in [1.82, 2.24) is 9.29 Å². The highest BCUT2D eigenvalue weighted by Gasteiger charge is 2.42. The lowest BCUT2D eigenvalue weighted by atomic mass is 9.78. The summed E-state index contributed by atoms with van der Waals surface area (Å²) in [6.45, 7) is 0.244. The van der Waals surface area contributed by atoms with Gasteiger partial charge in [-0.3, -0.25) is 4.79 Å². The van der Waals surface area contributed by atoms with Crippen molar-refractivity contribution in [2.24, 2.45) is 0 Å². The third-order valence-electron chi connectivity index (χ3n) is 7.50. The van der Waals surface area contributed by atoms with Crippen LogP contribution in [0.4, 0.5) is 5.82 Å². The highest BCUT2D eigenvalue weighted by Crippen LogP contribution is 2.42. The average molecular weight is 506 g/mol. The maximum absolute atomic E-state index is 13.5. The molecule has 7 nitrogen and oxygen atoms in total. The van der Waals surface area contributed by atoms with Gasteiger partial charge in [0.15, 0.2) is 0 Å². The SMILES string of the molecule is O=C(Nc1cccc(-c2ccc(S(=O)(=O)N3CCC[C@@H]3CO)cc2)n1)C1(c2ccccc2)CCCC1. The fourth-order valence-corrected chi connectivity index (χ4v) is 7.21. The van der Waals surface area contributed by atoms with E-state index in [1.807, 2.05) is 42.5 Å². The van der Waals surface area contributed by atoms with Crippen molar-refractivity contribution < 1.29 is 18.3 Å². The van der Waals surface area contributed by atoms with Crippen molar-refractivity contribution in [3.63, 3.8) is 0 Å². The first-order valence-electron chi connectivity index (χ1n) is 12.5. The third-order valence-corrected chi connectivity index (χ3v) is 9.47. The van der Waals surface area contributed by atoms with Gasteiger partial charge >= 0.3 is 0 Å². The lowest BCUT2D eigenvalue weighted by molar-refractivity contribution is -0.121. The van der Waals surface area contributed by atoms with Crippen molar-refractivity contribution in [1.29, 1.82) is 0 Å². The molecule has 0 bridgehead atoms. The number of benzene rings is 2. The first-order chi connectivity index (χ1) is 17.4. The molecule has 2 N–H and O–H groups in total. The van der Waals surface area contributed by atoms with Gasteiger partial charge in [-0.05, 0) is 55.5 Å². The molecule has 1 aliphatic heterocycles. The molecule has 36 heavy (non-hydrogen) atoms. The number of carbonyl (C=O) groups excluding carboxylic acids is 1. The summed E-state index contributed by atoms with van der Waals surface area (Å²) < 4.78 is 27.5. The lowest BCUT2D eigenvalue weighted by Crippen LogP contribution is -2.38. The largest absolute Gasteiger partial charge is 0.395 e. The standard InChI is InChI=1S/C28H31N3O4S/c32-20-23-10-7-19-31(23)36(34,35)24-15-13-21(14-16-24)25-11-6-12-26(29-25)30-27(33)28(17-4-5-18-28)22-8-2-1-3-9-22/h1-3,6,8-9,11-16,23,32H,4-5,7,10,17-20H2,(H,29,30,33)/t23-/m1/s1. The van der Waals surface area contributed by atoms with Gasteiger partial charge in [0, 0.05) is 18.2 Å². The summed E-state index contributed by atoms with van der Waals surface area (Å²) >= 11 is 0. The van der Waals surface area contributed by atoms with E-state index < -0.39 is 15.4 Å². The van der Waals surface area contributed by atoms with Crippen molar-refractivity contribution in [3.8, 4) is 11.3 Å². The number of pyridine rings is 1. The Hall–Kier alpha value is -3.07. The zero-order valence-corrected chi connectivity index (χ0v) is 21.0. The van der Waals surface area contributed by atoms with Gasteiger partial charge in [-0.25, -0.2) is 13.4 Å². The Morgan fingerprint density at radius 2 is 1.69 bits per heavy atom. The lowest BCUT2D eigenvalue weighted by Gasteiger charge is -2.28. The molecular formula is C28H31N3O4S. The van der Waals surface area contributed by atoms with Gasteiger partial charge in [0.1, 0.15) is 5.82 Å². The van der Waals surface area contributed by atoms with Crippen LogP contribution in [-0.4, -0.2) is 47.9 Å². The van der Waals surface area contributed by atoms with Crippen LogP contribution in [0.2, 0.25) is 0 Å². The zero-order valence-electron chi connectivity index (χ0n) is 20.1. The molecule has 1 saturated carbocycles. The van der Waals surface area contributed by atoms with E-state index in [-0.39, 0.29) is 23.5 Å². The number of carbonyl (C=O) groups is 1. The number of hydrogen-bond donors (Lipinski definition) is 2. The fraction of sp³-hybridized carbons (Fsp3) is 0.357. The molecule has 188 valence electrons. The maximum atomic E-state index is 13.5. The quantitative estimate of drug-likeness (QED) is 0.498. The second-order valence-corrected chi connectivity index (χ2v) is 11.5. The minimum Gasteiger partial charge on any atom is -0.395 e. The summed E-state index contributed by atoms with van der Waals surface area (Å²) in [5.41, 5.74) is 1.89. The van der Waals surface area contributed by atoms with Crippen molar-refractivity contribution in [2.45, 2.75) is 54.9 Å². The average Bonchev–Trinajstić information content (AvgIpc) is 3.61. The van der Waals surface area contributed by atoms with Gasteiger partial charge in [0.2, 0.25) is 15.9 Å². The van der Waals surface area contributed by atoms with Crippen molar-refractivity contribution >= 4 is 21.7 Å². The Bertz CT molecular complexity index is 1320. The van der Waals surface area contributed by atoms with Gasteiger partial charge in [0.25, 0.3) is 0 Å². The van der Waals surface area contributed by atoms with Gasteiger partial charge in [-0.2, -0.15) is 4.31 Å². The van der Waals surface area contributed by atoms with Crippen LogP contribution in [0.1, 0.15) is 44.1 Å². The fourth-order valence-electron chi connectivity index (χ4n) is 5.52. The monoisotopic (exact) mass is 505 g/mol. The Balaban J connectivity index is 1.36. The molecule has 1 saturated heterocycles. The number of anilines is 1. The number of aliphatic hydroxyl groups is 1. The topological polar surface area (TPSA) is 99.6 Å². The molecule has 1 aliphatic carbocycles. The summed E-state index contributed by atoms with van der Waals surface area (Å²) in [6, 6.07) is 21.6. The van der Waals surface area contributed by atoms with E-state index in [9.17, 15) is 18.3 Å². The Morgan fingerprint density at radius 3 is 2.39 bits per heavy atom. The number of rotatable bonds is 7. The van der Waals surface area contributed by atoms with E-state index in [0.29, 0.717) is 24.5 Å². The highest BCUT2D eigenvalue weighted by atomic mass is 32.2. The highest BCUT2D eigenvalue weighted by molar-refractivity contribution is 7.89. The first kappa shape index (κ1) is 24.6. The third kappa shape index (κ3) is 4.56. The summed E-state index contributed by atoms with van der Waals surface area (Å²) in [5.74, 6) is 0.431. The molecule has 2 aliphatic rings. The molecule has 1 atom stereocenters. The molecule has 2 heterocycles. The smallest absolute Gasteiger partial charge is 0.243 e. The molecule has 8 heteroatoms. The molecule has 3 aromatic rings. The molecule has 2 fully saturated rings. The van der Waals surface area contributed by atoms with E-state index in [1.165, 1.54) is 4.31 Å².